The Morgan fingerprint density at radius 2 is 2.27 bits per heavy atom. The number of ether oxygens (including phenoxy) is 1. The lowest BCUT2D eigenvalue weighted by molar-refractivity contribution is 0.0455. The van der Waals surface area contributed by atoms with Crippen molar-refractivity contribution in [1.29, 1.82) is 0 Å². The van der Waals surface area contributed by atoms with E-state index < -0.39 is 0 Å². The van der Waals surface area contributed by atoms with E-state index in [2.05, 4.69) is 24.3 Å². The summed E-state index contributed by atoms with van der Waals surface area (Å²) in [5.41, 5.74) is 1.16. The van der Waals surface area contributed by atoms with E-state index >= 15 is 0 Å². The second-order valence-electron chi connectivity index (χ2n) is 3.58. The van der Waals surface area contributed by atoms with Crippen molar-refractivity contribution in [1.82, 2.24) is 15.1 Å². The monoisotopic (exact) mass is 211 g/mol. The molecule has 2 unspecified atom stereocenters. The minimum Gasteiger partial charge on any atom is -0.377 e. The zero-order valence-electron chi connectivity index (χ0n) is 10.0. The minimum atomic E-state index is 0.158. The summed E-state index contributed by atoms with van der Waals surface area (Å²) in [4.78, 5) is 0. The van der Waals surface area contributed by atoms with Crippen LogP contribution in [0.2, 0.25) is 0 Å². The predicted molar refractivity (Wildman–Crippen MR) is 60.7 cm³/mol. The van der Waals surface area contributed by atoms with E-state index in [1.54, 1.807) is 0 Å². The van der Waals surface area contributed by atoms with Crippen LogP contribution in [0.5, 0.6) is 0 Å². The molecule has 0 saturated carbocycles. The number of hydrogen-bond donors (Lipinski definition) is 1. The van der Waals surface area contributed by atoms with Gasteiger partial charge < -0.3 is 10.1 Å². The third kappa shape index (κ3) is 3.04. The van der Waals surface area contributed by atoms with E-state index in [1.165, 1.54) is 0 Å². The van der Waals surface area contributed by atoms with E-state index in [0.29, 0.717) is 0 Å². The quantitative estimate of drug-likeness (QED) is 0.775. The first kappa shape index (κ1) is 12.2. The van der Waals surface area contributed by atoms with Gasteiger partial charge in [0.25, 0.3) is 0 Å². The first-order valence-corrected chi connectivity index (χ1v) is 5.53. The Hall–Kier alpha value is -0.870. The zero-order valence-corrected chi connectivity index (χ0v) is 10.0. The van der Waals surface area contributed by atoms with E-state index in [4.69, 9.17) is 4.74 Å². The molecule has 1 rings (SSSR count). The van der Waals surface area contributed by atoms with Gasteiger partial charge in [-0.25, -0.2) is 0 Å². The molecule has 0 saturated heterocycles. The molecule has 0 aromatic carbocycles. The summed E-state index contributed by atoms with van der Waals surface area (Å²) in [6.07, 6.45) is 1.98. The SMILES string of the molecule is CCNC(c1ccnn1C)C(C)OCC. The van der Waals surface area contributed by atoms with E-state index in [-0.39, 0.29) is 12.1 Å². The summed E-state index contributed by atoms with van der Waals surface area (Å²) in [6.45, 7) is 7.86. The van der Waals surface area contributed by atoms with Crippen LogP contribution in [0, 0.1) is 0 Å². The maximum absolute atomic E-state index is 5.63. The van der Waals surface area contributed by atoms with Crippen molar-refractivity contribution in [2.24, 2.45) is 7.05 Å². The topological polar surface area (TPSA) is 39.1 Å². The van der Waals surface area contributed by atoms with Gasteiger partial charge in [0.15, 0.2) is 0 Å². The highest BCUT2D eigenvalue weighted by molar-refractivity contribution is 5.08. The number of nitrogens with zero attached hydrogens (tertiary/aromatic N) is 2. The van der Waals surface area contributed by atoms with Gasteiger partial charge in [-0.1, -0.05) is 6.92 Å². The highest BCUT2D eigenvalue weighted by atomic mass is 16.5. The Balaban J connectivity index is 2.77. The Kier molecular flexibility index (Phi) is 4.78. The van der Waals surface area contributed by atoms with Gasteiger partial charge in [-0.2, -0.15) is 5.10 Å². The van der Waals surface area contributed by atoms with Crippen molar-refractivity contribution in [3.05, 3.63) is 18.0 Å². The summed E-state index contributed by atoms with van der Waals surface area (Å²) in [7, 11) is 1.96. The molecular weight excluding hydrogens is 190 g/mol. The van der Waals surface area contributed by atoms with Crippen molar-refractivity contribution in [2.75, 3.05) is 13.2 Å². The molecule has 0 aliphatic heterocycles. The third-order valence-electron chi connectivity index (χ3n) is 2.50. The molecule has 1 N–H and O–H groups in total. The molecule has 4 nitrogen and oxygen atoms in total. The molecule has 0 amide bonds. The molecule has 0 aliphatic rings. The average molecular weight is 211 g/mol. The Labute approximate surface area is 91.6 Å². The molecule has 1 heterocycles. The summed E-state index contributed by atoms with van der Waals surface area (Å²) >= 11 is 0. The van der Waals surface area contributed by atoms with Crippen LogP contribution in [-0.4, -0.2) is 29.0 Å². The van der Waals surface area contributed by atoms with Gasteiger partial charge in [0.2, 0.25) is 0 Å². The first-order chi connectivity index (χ1) is 7.20. The van der Waals surface area contributed by atoms with Crippen LogP contribution in [0.25, 0.3) is 0 Å². The van der Waals surface area contributed by atoms with E-state index in [1.807, 2.05) is 30.9 Å². The molecule has 0 fully saturated rings. The van der Waals surface area contributed by atoms with Crippen molar-refractivity contribution >= 4 is 0 Å². The van der Waals surface area contributed by atoms with Crippen LogP contribution in [-0.2, 0) is 11.8 Å². The highest BCUT2D eigenvalue weighted by Crippen LogP contribution is 2.18. The van der Waals surface area contributed by atoms with Gasteiger partial charge in [0.1, 0.15) is 0 Å². The number of aromatic nitrogens is 2. The van der Waals surface area contributed by atoms with Crippen molar-refractivity contribution in [3.8, 4) is 0 Å². The molecule has 0 aliphatic carbocycles. The molecule has 0 spiro atoms. The van der Waals surface area contributed by atoms with Crippen molar-refractivity contribution in [2.45, 2.75) is 32.9 Å². The second-order valence-corrected chi connectivity index (χ2v) is 3.58. The van der Waals surface area contributed by atoms with Crippen LogP contribution in [0.1, 0.15) is 32.5 Å². The fourth-order valence-corrected chi connectivity index (χ4v) is 1.78. The van der Waals surface area contributed by atoms with Crippen LogP contribution >= 0.6 is 0 Å². The smallest absolute Gasteiger partial charge is 0.0756 e. The van der Waals surface area contributed by atoms with Crippen LogP contribution in [0.3, 0.4) is 0 Å². The molecule has 1 aromatic heterocycles. The van der Waals surface area contributed by atoms with Crippen molar-refractivity contribution < 1.29 is 4.74 Å². The predicted octanol–water partition coefficient (Wildman–Crippen LogP) is 1.50. The van der Waals surface area contributed by atoms with Gasteiger partial charge >= 0.3 is 0 Å². The lowest BCUT2D eigenvalue weighted by atomic mass is 10.1. The number of likely N-dealkylation sites (N-methyl/N-ethyl adjacent to an activating group) is 1. The second kappa shape index (κ2) is 5.88. The molecule has 86 valence electrons. The fourth-order valence-electron chi connectivity index (χ4n) is 1.78. The normalized spacial score (nSPS) is 15.2. The van der Waals surface area contributed by atoms with E-state index in [9.17, 15) is 0 Å². The highest BCUT2D eigenvalue weighted by Gasteiger charge is 2.20. The largest absolute Gasteiger partial charge is 0.377 e. The fraction of sp³-hybridized carbons (Fsp3) is 0.727. The molecule has 0 radical (unpaired) electrons. The average Bonchev–Trinajstić information content (AvgIpc) is 2.61. The molecule has 0 bridgehead atoms. The van der Waals surface area contributed by atoms with Gasteiger partial charge in [-0.3, -0.25) is 4.68 Å². The van der Waals surface area contributed by atoms with E-state index in [0.717, 1.165) is 18.8 Å². The summed E-state index contributed by atoms with van der Waals surface area (Å²) in [5, 5.41) is 7.61. The third-order valence-corrected chi connectivity index (χ3v) is 2.50. The van der Waals surface area contributed by atoms with Gasteiger partial charge in [-0.15, -0.1) is 0 Å². The lowest BCUT2D eigenvalue weighted by Crippen LogP contribution is -2.33. The Morgan fingerprint density at radius 3 is 2.73 bits per heavy atom. The van der Waals surface area contributed by atoms with Crippen LogP contribution < -0.4 is 5.32 Å². The lowest BCUT2D eigenvalue weighted by Gasteiger charge is -2.24. The number of hydrogen-bond acceptors (Lipinski definition) is 3. The van der Waals surface area contributed by atoms with Crippen LogP contribution in [0.15, 0.2) is 12.3 Å². The van der Waals surface area contributed by atoms with Crippen molar-refractivity contribution in [3.63, 3.8) is 0 Å². The Morgan fingerprint density at radius 1 is 1.53 bits per heavy atom. The molecular formula is C11H21N3O. The maximum atomic E-state index is 5.63. The molecule has 2 atom stereocenters. The number of rotatable bonds is 6. The van der Waals surface area contributed by atoms with Crippen LogP contribution in [0.4, 0.5) is 0 Å². The first-order valence-electron chi connectivity index (χ1n) is 5.53. The molecule has 15 heavy (non-hydrogen) atoms. The minimum absolute atomic E-state index is 0.158. The molecule has 1 aromatic rings. The number of nitrogens with one attached hydrogen (secondary N) is 1. The summed E-state index contributed by atoms with van der Waals surface area (Å²) in [6, 6.07) is 2.24. The van der Waals surface area contributed by atoms with Gasteiger partial charge in [-0.05, 0) is 26.5 Å². The zero-order chi connectivity index (χ0) is 11.3. The summed E-state index contributed by atoms with van der Waals surface area (Å²) < 4.78 is 7.52. The maximum Gasteiger partial charge on any atom is 0.0756 e. The molecule has 4 heteroatoms. The summed E-state index contributed by atoms with van der Waals surface area (Å²) in [5.74, 6) is 0. The van der Waals surface area contributed by atoms with Gasteiger partial charge in [0, 0.05) is 19.9 Å². The number of aryl methyl sites for hydroxylation is 1. The van der Waals surface area contributed by atoms with Gasteiger partial charge in [0.05, 0.1) is 17.8 Å². The standard InChI is InChI=1S/C11H21N3O/c1-5-12-11(9(3)15-6-2)10-7-8-13-14(10)4/h7-9,11-12H,5-6H2,1-4H3. The Bertz CT molecular complexity index is 285.